The number of carbonyl (C=O) groups excluding carboxylic acids is 2. The first-order valence-corrected chi connectivity index (χ1v) is 6.39. The molecule has 5 nitrogen and oxygen atoms in total. The van der Waals surface area contributed by atoms with Crippen LogP contribution >= 0.6 is 23.2 Å². The van der Waals surface area contributed by atoms with Gasteiger partial charge >= 0.3 is 0 Å². The highest BCUT2D eigenvalue weighted by atomic mass is 35.5. The van der Waals surface area contributed by atoms with E-state index in [0.717, 1.165) is 5.69 Å². The van der Waals surface area contributed by atoms with Crippen LogP contribution in [0.5, 0.6) is 0 Å². The first-order valence-electron chi connectivity index (χ1n) is 5.63. The van der Waals surface area contributed by atoms with Gasteiger partial charge in [0.05, 0.1) is 23.5 Å². The van der Waals surface area contributed by atoms with Crippen molar-refractivity contribution in [3.8, 4) is 0 Å². The van der Waals surface area contributed by atoms with Gasteiger partial charge < -0.3 is 5.32 Å². The molecule has 0 aliphatic carbocycles. The second kappa shape index (κ2) is 7.38. The lowest BCUT2D eigenvalue weighted by molar-refractivity contribution is -0.121. The largest absolute Gasteiger partial charge is 0.356 e. The van der Waals surface area contributed by atoms with Crippen molar-refractivity contribution in [3.05, 3.63) is 16.9 Å². The van der Waals surface area contributed by atoms with Crippen molar-refractivity contribution in [2.75, 3.05) is 6.54 Å². The normalized spacial score (nSPS) is 10.4. The van der Waals surface area contributed by atoms with Crippen LogP contribution in [0.15, 0.2) is 6.20 Å². The molecular weight excluding hydrogens is 277 g/mol. The fourth-order valence-corrected chi connectivity index (χ4v) is 1.67. The van der Waals surface area contributed by atoms with Crippen molar-refractivity contribution in [1.29, 1.82) is 0 Å². The molecule has 0 atom stereocenters. The molecule has 0 aromatic carbocycles. The summed E-state index contributed by atoms with van der Waals surface area (Å²) in [6, 6.07) is 0. The third-order valence-corrected chi connectivity index (χ3v) is 3.03. The van der Waals surface area contributed by atoms with Crippen LogP contribution in [0.1, 0.15) is 25.0 Å². The molecule has 7 heteroatoms. The molecule has 1 aromatic rings. The number of nitrogens with one attached hydrogen (secondary N) is 1. The Balaban J connectivity index is 2.21. The number of aromatic nitrogens is 2. The highest BCUT2D eigenvalue weighted by molar-refractivity contribution is 6.63. The number of carbonyl (C=O) groups is 2. The summed E-state index contributed by atoms with van der Waals surface area (Å²) in [5.74, 6) is -0.0805. The fraction of sp³-hybridized carbons (Fsp3) is 0.545. The van der Waals surface area contributed by atoms with Crippen LogP contribution < -0.4 is 5.32 Å². The van der Waals surface area contributed by atoms with E-state index < -0.39 is 0 Å². The van der Waals surface area contributed by atoms with Gasteiger partial charge in [-0.25, -0.2) is 0 Å². The Labute approximate surface area is 115 Å². The smallest absolute Gasteiger partial charge is 0.221 e. The molecule has 1 heterocycles. The van der Waals surface area contributed by atoms with E-state index in [1.807, 2.05) is 6.92 Å². The number of hydrogen-bond donors (Lipinski definition) is 1. The highest BCUT2D eigenvalue weighted by Gasteiger charge is 2.06. The molecule has 1 rings (SSSR count). The maximum absolute atomic E-state index is 11.5. The summed E-state index contributed by atoms with van der Waals surface area (Å²) < 4.78 is 1.68. The summed E-state index contributed by atoms with van der Waals surface area (Å²) >= 11 is 11.0. The van der Waals surface area contributed by atoms with E-state index in [0.29, 0.717) is 31.0 Å². The quantitative estimate of drug-likeness (QED) is 0.616. The molecule has 0 aliphatic heterocycles. The summed E-state index contributed by atoms with van der Waals surface area (Å²) in [7, 11) is 0. The second-order valence-electron chi connectivity index (χ2n) is 3.86. The predicted molar refractivity (Wildman–Crippen MR) is 69.7 cm³/mol. The summed E-state index contributed by atoms with van der Waals surface area (Å²) in [4.78, 5) is 21.9. The first-order chi connectivity index (χ1) is 8.50. The Kier molecular flexibility index (Phi) is 6.15. The number of rotatable bonds is 7. The number of amides is 1. The van der Waals surface area contributed by atoms with E-state index in [1.165, 1.54) is 0 Å². The zero-order chi connectivity index (χ0) is 13.5. The molecule has 0 fully saturated rings. The Bertz CT molecular complexity index is 432. The number of aryl methyl sites for hydroxylation is 1. The molecule has 1 aromatic heterocycles. The summed E-state index contributed by atoms with van der Waals surface area (Å²) in [6.07, 6.45) is 2.71. The van der Waals surface area contributed by atoms with E-state index in [4.69, 9.17) is 23.2 Å². The summed E-state index contributed by atoms with van der Waals surface area (Å²) in [5, 5.41) is 6.97. The minimum atomic E-state index is -0.383. The van der Waals surface area contributed by atoms with Crippen molar-refractivity contribution in [2.45, 2.75) is 32.7 Å². The summed E-state index contributed by atoms with van der Waals surface area (Å²) in [5.41, 5.74) is 0.845. The minimum Gasteiger partial charge on any atom is -0.356 e. The average Bonchev–Trinajstić information content (AvgIpc) is 2.63. The molecule has 0 bridgehead atoms. The number of nitrogens with zero attached hydrogens (tertiary/aromatic N) is 2. The van der Waals surface area contributed by atoms with Gasteiger partial charge in [-0.2, -0.15) is 5.10 Å². The van der Waals surface area contributed by atoms with Crippen molar-refractivity contribution in [2.24, 2.45) is 0 Å². The Hall–Kier alpha value is -1.07. The third-order valence-electron chi connectivity index (χ3n) is 2.47. The molecule has 100 valence electrons. The van der Waals surface area contributed by atoms with Gasteiger partial charge in [0, 0.05) is 19.4 Å². The third kappa shape index (κ3) is 5.06. The van der Waals surface area contributed by atoms with Crippen LogP contribution in [-0.4, -0.2) is 27.5 Å². The van der Waals surface area contributed by atoms with Gasteiger partial charge in [0.15, 0.2) is 0 Å². The van der Waals surface area contributed by atoms with E-state index in [-0.39, 0.29) is 17.6 Å². The second-order valence-corrected chi connectivity index (χ2v) is 4.69. The topological polar surface area (TPSA) is 64.0 Å². The molecule has 0 spiro atoms. The summed E-state index contributed by atoms with van der Waals surface area (Å²) in [6.45, 7) is 2.79. The van der Waals surface area contributed by atoms with Gasteiger partial charge in [0.25, 0.3) is 0 Å². The van der Waals surface area contributed by atoms with Crippen molar-refractivity contribution >= 4 is 34.4 Å². The number of hydrogen-bond acceptors (Lipinski definition) is 3. The van der Waals surface area contributed by atoms with E-state index >= 15 is 0 Å². The molecule has 0 radical (unpaired) electrons. The van der Waals surface area contributed by atoms with Crippen LogP contribution in [0.25, 0.3) is 0 Å². The van der Waals surface area contributed by atoms with E-state index in [2.05, 4.69) is 10.4 Å². The predicted octanol–water partition coefficient (Wildman–Crippen LogP) is 1.90. The Morgan fingerprint density at radius 1 is 1.44 bits per heavy atom. The Morgan fingerprint density at radius 2 is 2.17 bits per heavy atom. The molecule has 18 heavy (non-hydrogen) atoms. The van der Waals surface area contributed by atoms with Gasteiger partial charge in [-0.15, -0.1) is 0 Å². The van der Waals surface area contributed by atoms with Crippen LogP contribution in [0.2, 0.25) is 5.02 Å². The van der Waals surface area contributed by atoms with E-state index in [1.54, 1.807) is 10.9 Å². The highest BCUT2D eigenvalue weighted by Crippen LogP contribution is 2.13. The van der Waals surface area contributed by atoms with Crippen molar-refractivity contribution in [1.82, 2.24) is 15.1 Å². The first kappa shape index (κ1) is 15.0. The van der Waals surface area contributed by atoms with Crippen molar-refractivity contribution in [3.63, 3.8) is 0 Å². The lowest BCUT2D eigenvalue weighted by Crippen LogP contribution is -2.26. The van der Waals surface area contributed by atoms with Gasteiger partial charge in [0.2, 0.25) is 11.1 Å². The fourth-order valence-electron chi connectivity index (χ4n) is 1.40. The molecule has 0 aliphatic rings. The molecule has 0 saturated carbocycles. The van der Waals surface area contributed by atoms with Gasteiger partial charge in [-0.05, 0) is 24.9 Å². The molecule has 1 amide bonds. The standard InChI is InChI=1S/C11H15Cl2N3O2/c1-8-9(12)7-15-16(8)6-4-11(18)14-5-2-3-10(13)17/h7H,2-6H2,1H3,(H,14,18). The zero-order valence-electron chi connectivity index (χ0n) is 10.1. The minimum absolute atomic E-state index is 0.0805. The SMILES string of the molecule is Cc1c(Cl)cnn1CCC(=O)NCCCC(=O)Cl. The van der Waals surface area contributed by atoms with Crippen LogP contribution in [0, 0.1) is 6.92 Å². The molecule has 0 unspecified atom stereocenters. The molecule has 1 N–H and O–H groups in total. The monoisotopic (exact) mass is 291 g/mol. The zero-order valence-corrected chi connectivity index (χ0v) is 11.6. The van der Waals surface area contributed by atoms with E-state index in [9.17, 15) is 9.59 Å². The van der Waals surface area contributed by atoms with Crippen LogP contribution in [0.4, 0.5) is 0 Å². The average molecular weight is 292 g/mol. The maximum atomic E-state index is 11.5. The number of halogens is 2. The van der Waals surface area contributed by atoms with Crippen LogP contribution in [0.3, 0.4) is 0 Å². The van der Waals surface area contributed by atoms with Gasteiger partial charge in [-0.1, -0.05) is 11.6 Å². The van der Waals surface area contributed by atoms with Gasteiger partial charge in [0.1, 0.15) is 0 Å². The molecule has 0 saturated heterocycles. The van der Waals surface area contributed by atoms with Gasteiger partial charge in [-0.3, -0.25) is 14.3 Å². The Morgan fingerprint density at radius 3 is 2.72 bits per heavy atom. The van der Waals surface area contributed by atoms with Crippen LogP contribution in [-0.2, 0) is 16.1 Å². The van der Waals surface area contributed by atoms with Crippen molar-refractivity contribution < 1.29 is 9.59 Å². The molecular formula is C11H15Cl2N3O2. The lowest BCUT2D eigenvalue weighted by atomic mass is 10.3. The lowest BCUT2D eigenvalue weighted by Gasteiger charge is -2.06. The maximum Gasteiger partial charge on any atom is 0.221 e.